The zero-order valence-corrected chi connectivity index (χ0v) is 15.4. The summed E-state index contributed by atoms with van der Waals surface area (Å²) in [5.41, 5.74) is 2.54. The van der Waals surface area contributed by atoms with Crippen molar-refractivity contribution in [2.75, 3.05) is 24.3 Å². The number of amides is 1. The minimum Gasteiger partial charge on any atom is -0.465 e. The van der Waals surface area contributed by atoms with Crippen molar-refractivity contribution in [3.8, 4) is 0 Å². The molecule has 132 valence electrons. The van der Waals surface area contributed by atoms with Gasteiger partial charge in [-0.25, -0.2) is 4.79 Å². The van der Waals surface area contributed by atoms with Gasteiger partial charge in [0.25, 0.3) is 0 Å². The van der Waals surface area contributed by atoms with Crippen LogP contribution in [0.3, 0.4) is 0 Å². The van der Waals surface area contributed by atoms with Crippen LogP contribution in [-0.4, -0.2) is 25.5 Å². The molecule has 2 N–H and O–H groups in total. The van der Waals surface area contributed by atoms with E-state index >= 15 is 0 Å². The van der Waals surface area contributed by atoms with E-state index in [1.807, 2.05) is 13.0 Å². The number of hydrogen-bond acceptors (Lipinski definition) is 4. The predicted octanol–water partition coefficient (Wildman–Crippen LogP) is 4.53. The average Bonchev–Trinajstić information content (AvgIpc) is 2.59. The normalized spacial score (nSPS) is 10.2. The Morgan fingerprint density at radius 2 is 1.84 bits per heavy atom. The molecule has 0 aliphatic rings. The fraction of sp³-hybridized carbons (Fsp3) is 0.222. The number of halogens is 2. The van der Waals surface area contributed by atoms with Gasteiger partial charge in [0.1, 0.15) is 0 Å². The van der Waals surface area contributed by atoms with Crippen molar-refractivity contribution in [3.05, 3.63) is 57.6 Å². The van der Waals surface area contributed by atoms with Gasteiger partial charge >= 0.3 is 5.97 Å². The summed E-state index contributed by atoms with van der Waals surface area (Å²) in [5.74, 6) is -0.610. The zero-order valence-electron chi connectivity index (χ0n) is 13.9. The van der Waals surface area contributed by atoms with Gasteiger partial charge in [-0.1, -0.05) is 29.3 Å². The Morgan fingerprint density at radius 3 is 2.52 bits per heavy atom. The van der Waals surface area contributed by atoms with Crippen molar-refractivity contribution in [1.29, 1.82) is 0 Å². The monoisotopic (exact) mass is 380 g/mol. The molecule has 7 heteroatoms. The van der Waals surface area contributed by atoms with E-state index in [0.717, 1.165) is 5.56 Å². The Labute approximate surface area is 156 Å². The molecule has 0 aliphatic heterocycles. The van der Waals surface area contributed by atoms with E-state index in [0.29, 0.717) is 33.5 Å². The number of aryl methyl sites for hydroxylation is 1. The highest BCUT2D eigenvalue weighted by molar-refractivity contribution is 6.33. The molecule has 25 heavy (non-hydrogen) atoms. The third-order valence-corrected chi connectivity index (χ3v) is 4.25. The Kier molecular flexibility index (Phi) is 6.67. The Balaban J connectivity index is 1.90. The fourth-order valence-corrected chi connectivity index (χ4v) is 2.48. The van der Waals surface area contributed by atoms with E-state index in [1.165, 1.54) is 7.11 Å². The largest absolute Gasteiger partial charge is 0.465 e. The van der Waals surface area contributed by atoms with Gasteiger partial charge in [0, 0.05) is 23.7 Å². The number of rotatable bonds is 6. The smallest absolute Gasteiger partial charge is 0.337 e. The highest BCUT2D eigenvalue weighted by Gasteiger charge is 2.09. The molecule has 0 atom stereocenters. The highest BCUT2D eigenvalue weighted by atomic mass is 35.5. The molecule has 2 aromatic rings. The molecule has 0 saturated heterocycles. The number of methoxy groups -OCH3 is 1. The van der Waals surface area contributed by atoms with Crippen LogP contribution in [-0.2, 0) is 9.53 Å². The van der Waals surface area contributed by atoms with Crippen molar-refractivity contribution in [2.24, 2.45) is 0 Å². The summed E-state index contributed by atoms with van der Waals surface area (Å²) in [6.07, 6.45) is 0.226. The summed E-state index contributed by atoms with van der Waals surface area (Å²) in [6.45, 7) is 2.25. The number of anilines is 2. The highest BCUT2D eigenvalue weighted by Crippen LogP contribution is 2.23. The number of benzene rings is 2. The lowest BCUT2D eigenvalue weighted by atomic mass is 10.2. The number of carbonyl (C=O) groups is 2. The lowest BCUT2D eigenvalue weighted by Crippen LogP contribution is -2.16. The predicted molar refractivity (Wildman–Crippen MR) is 101 cm³/mol. The van der Waals surface area contributed by atoms with Crippen molar-refractivity contribution >= 4 is 46.5 Å². The number of ether oxygens (including phenoxy) is 1. The van der Waals surface area contributed by atoms with Crippen molar-refractivity contribution in [1.82, 2.24) is 0 Å². The van der Waals surface area contributed by atoms with Crippen LogP contribution in [0, 0.1) is 6.92 Å². The van der Waals surface area contributed by atoms with Crippen LogP contribution >= 0.6 is 23.2 Å². The summed E-state index contributed by atoms with van der Waals surface area (Å²) >= 11 is 12.1. The number of nitrogens with one attached hydrogen (secondary N) is 2. The SMILES string of the molecule is COC(=O)c1ccc(Cl)c(NCCC(=O)Nc2ccc(C)c(Cl)c2)c1. The van der Waals surface area contributed by atoms with Crippen LogP contribution in [0.2, 0.25) is 10.0 Å². The molecule has 2 rings (SSSR count). The van der Waals surface area contributed by atoms with Crippen LogP contribution in [0.5, 0.6) is 0 Å². The van der Waals surface area contributed by atoms with Gasteiger partial charge in [-0.3, -0.25) is 4.79 Å². The molecule has 0 radical (unpaired) electrons. The maximum Gasteiger partial charge on any atom is 0.337 e. The van der Waals surface area contributed by atoms with Crippen LogP contribution in [0.25, 0.3) is 0 Å². The van der Waals surface area contributed by atoms with Crippen LogP contribution in [0.15, 0.2) is 36.4 Å². The van der Waals surface area contributed by atoms with Gasteiger partial charge in [0.15, 0.2) is 0 Å². The van der Waals surface area contributed by atoms with E-state index in [2.05, 4.69) is 15.4 Å². The van der Waals surface area contributed by atoms with Gasteiger partial charge in [-0.15, -0.1) is 0 Å². The summed E-state index contributed by atoms with van der Waals surface area (Å²) in [5, 5.41) is 6.88. The van der Waals surface area contributed by atoms with Crippen LogP contribution in [0.4, 0.5) is 11.4 Å². The molecular formula is C18H18Cl2N2O3. The molecule has 0 unspecified atom stereocenters. The van der Waals surface area contributed by atoms with E-state index in [-0.39, 0.29) is 12.3 Å². The molecular weight excluding hydrogens is 363 g/mol. The van der Waals surface area contributed by atoms with E-state index in [9.17, 15) is 9.59 Å². The number of carbonyl (C=O) groups excluding carboxylic acids is 2. The molecule has 0 fully saturated rings. The van der Waals surface area contributed by atoms with Gasteiger partial charge in [-0.2, -0.15) is 0 Å². The molecule has 0 aliphatic carbocycles. The third-order valence-electron chi connectivity index (χ3n) is 3.51. The molecule has 0 heterocycles. The first-order chi connectivity index (χ1) is 11.9. The topological polar surface area (TPSA) is 67.4 Å². The lowest BCUT2D eigenvalue weighted by molar-refractivity contribution is -0.115. The number of hydrogen-bond donors (Lipinski definition) is 2. The maximum atomic E-state index is 12.0. The first-order valence-electron chi connectivity index (χ1n) is 7.58. The standard InChI is InChI=1S/C18H18Cl2N2O3/c1-11-3-5-13(10-15(11)20)22-17(23)7-8-21-16-9-12(18(24)25-2)4-6-14(16)19/h3-6,9-10,21H,7-8H2,1-2H3,(H,22,23). The van der Waals surface area contributed by atoms with Gasteiger partial charge < -0.3 is 15.4 Å². The maximum absolute atomic E-state index is 12.0. The average molecular weight is 381 g/mol. The molecule has 0 spiro atoms. The Bertz CT molecular complexity index is 794. The quantitative estimate of drug-likeness (QED) is 0.722. The molecule has 1 amide bonds. The first-order valence-corrected chi connectivity index (χ1v) is 8.34. The second-order valence-corrected chi connectivity index (χ2v) is 6.19. The molecule has 2 aromatic carbocycles. The van der Waals surface area contributed by atoms with E-state index in [1.54, 1.807) is 30.3 Å². The van der Waals surface area contributed by atoms with E-state index in [4.69, 9.17) is 23.2 Å². The fourth-order valence-electron chi connectivity index (χ4n) is 2.11. The minimum absolute atomic E-state index is 0.160. The zero-order chi connectivity index (χ0) is 18.4. The van der Waals surface area contributed by atoms with Gasteiger partial charge in [-0.05, 0) is 42.8 Å². The van der Waals surface area contributed by atoms with Gasteiger partial charge in [0.05, 0.1) is 23.4 Å². The van der Waals surface area contributed by atoms with Crippen LogP contribution < -0.4 is 10.6 Å². The summed E-state index contributed by atoms with van der Waals surface area (Å²) in [7, 11) is 1.31. The summed E-state index contributed by atoms with van der Waals surface area (Å²) in [4.78, 5) is 23.5. The Hall–Kier alpha value is -2.24. The van der Waals surface area contributed by atoms with Crippen molar-refractivity contribution in [3.63, 3.8) is 0 Å². The van der Waals surface area contributed by atoms with Crippen molar-refractivity contribution in [2.45, 2.75) is 13.3 Å². The summed E-state index contributed by atoms with van der Waals surface area (Å²) < 4.78 is 4.67. The molecule has 0 aromatic heterocycles. The summed E-state index contributed by atoms with van der Waals surface area (Å²) in [6, 6.07) is 10.1. The Morgan fingerprint density at radius 1 is 1.08 bits per heavy atom. The molecule has 0 saturated carbocycles. The second kappa shape index (κ2) is 8.74. The van der Waals surface area contributed by atoms with E-state index < -0.39 is 5.97 Å². The third kappa shape index (κ3) is 5.37. The van der Waals surface area contributed by atoms with Crippen LogP contribution in [0.1, 0.15) is 22.3 Å². The van der Waals surface area contributed by atoms with Gasteiger partial charge in [0.2, 0.25) is 5.91 Å². The molecule has 0 bridgehead atoms. The lowest BCUT2D eigenvalue weighted by Gasteiger charge is -2.10. The second-order valence-electron chi connectivity index (χ2n) is 5.38. The first kappa shape index (κ1) is 19.1. The molecule has 5 nitrogen and oxygen atoms in total. The number of esters is 1. The minimum atomic E-state index is -0.450. The van der Waals surface area contributed by atoms with Crippen molar-refractivity contribution < 1.29 is 14.3 Å².